The van der Waals surface area contributed by atoms with Crippen LogP contribution < -0.4 is 10.2 Å². The molecular weight excluding hydrogens is 442 g/mol. The Morgan fingerprint density at radius 3 is 2.55 bits per heavy atom. The van der Waals surface area contributed by atoms with Crippen LogP contribution in [0.1, 0.15) is 23.6 Å². The molecule has 4 rings (SSSR count). The summed E-state index contributed by atoms with van der Waals surface area (Å²) in [5.41, 5.74) is 3.59. The summed E-state index contributed by atoms with van der Waals surface area (Å²) in [6.45, 7) is 5.26. The number of carbonyl (C=O) groups is 2. The highest BCUT2D eigenvalue weighted by molar-refractivity contribution is 7.89. The van der Waals surface area contributed by atoms with E-state index in [4.69, 9.17) is 4.74 Å². The van der Waals surface area contributed by atoms with E-state index in [-0.39, 0.29) is 23.1 Å². The average molecular weight is 472 g/mol. The van der Waals surface area contributed by atoms with Gasteiger partial charge in [-0.3, -0.25) is 14.5 Å². The second-order valence-corrected chi connectivity index (χ2v) is 10.3. The van der Waals surface area contributed by atoms with Gasteiger partial charge in [-0.25, -0.2) is 8.42 Å². The van der Waals surface area contributed by atoms with Crippen LogP contribution in [0.5, 0.6) is 0 Å². The van der Waals surface area contributed by atoms with E-state index in [2.05, 4.69) is 5.32 Å². The van der Waals surface area contributed by atoms with E-state index >= 15 is 0 Å². The zero-order chi connectivity index (χ0) is 23.6. The Morgan fingerprint density at radius 2 is 1.85 bits per heavy atom. The van der Waals surface area contributed by atoms with Crippen molar-refractivity contribution in [3.8, 4) is 0 Å². The lowest BCUT2D eigenvalue weighted by Gasteiger charge is -2.26. The summed E-state index contributed by atoms with van der Waals surface area (Å²) in [6, 6.07) is 12.1. The Labute approximate surface area is 194 Å². The topological polar surface area (TPSA) is 96.0 Å². The van der Waals surface area contributed by atoms with Crippen molar-refractivity contribution in [1.29, 1.82) is 0 Å². The fourth-order valence-electron chi connectivity index (χ4n) is 4.45. The number of benzene rings is 2. The number of rotatable bonds is 6. The van der Waals surface area contributed by atoms with Gasteiger partial charge in [0.05, 0.1) is 18.1 Å². The second kappa shape index (κ2) is 9.62. The SMILES string of the molecule is CC(=O)N1c2ccc(S(=O)(=O)N3CCOCC3)cc2C[C@H]1C(=O)NCCc1ccccc1C. The van der Waals surface area contributed by atoms with E-state index in [0.29, 0.717) is 50.5 Å². The van der Waals surface area contributed by atoms with Gasteiger partial charge in [-0.1, -0.05) is 24.3 Å². The van der Waals surface area contributed by atoms with Crippen molar-refractivity contribution < 1.29 is 22.7 Å². The molecule has 9 heteroatoms. The van der Waals surface area contributed by atoms with Crippen molar-refractivity contribution in [3.63, 3.8) is 0 Å². The molecule has 1 fully saturated rings. The van der Waals surface area contributed by atoms with E-state index in [1.807, 2.05) is 31.2 Å². The van der Waals surface area contributed by atoms with Crippen LogP contribution in [0.25, 0.3) is 0 Å². The third kappa shape index (κ3) is 4.80. The largest absolute Gasteiger partial charge is 0.379 e. The lowest BCUT2D eigenvalue weighted by Crippen LogP contribution is -2.47. The van der Waals surface area contributed by atoms with Crippen LogP contribution in [-0.2, 0) is 37.2 Å². The molecule has 0 radical (unpaired) electrons. The summed E-state index contributed by atoms with van der Waals surface area (Å²) in [5.74, 6) is -0.496. The first-order chi connectivity index (χ1) is 15.8. The quantitative estimate of drug-likeness (QED) is 0.691. The van der Waals surface area contributed by atoms with Gasteiger partial charge in [0.15, 0.2) is 0 Å². The fourth-order valence-corrected chi connectivity index (χ4v) is 5.91. The zero-order valence-corrected chi connectivity index (χ0v) is 19.7. The minimum atomic E-state index is -3.66. The lowest BCUT2D eigenvalue weighted by atomic mass is 10.1. The number of hydrogen-bond donors (Lipinski definition) is 1. The highest BCUT2D eigenvalue weighted by Crippen LogP contribution is 2.35. The monoisotopic (exact) mass is 471 g/mol. The van der Waals surface area contributed by atoms with Crippen molar-refractivity contribution in [3.05, 3.63) is 59.2 Å². The molecule has 1 saturated heterocycles. The summed E-state index contributed by atoms with van der Waals surface area (Å²) in [7, 11) is -3.66. The molecule has 2 aliphatic rings. The molecule has 2 aliphatic heterocycles. The van der Waals surface area contributed by atoms with Gasteiger partial charge in [-0.05, 0) is 48.2 Å². The van der Waals surface area contributed by atoms with E-state index in [1.165, 1.54) is 27.8 Å². The first kappa shape index (κ1) is 23.4. The first-order valence-corrected chi connectivity index (χ1v) is 12.6. The maximum atomic E-state index is 13.0. The molecule has 33 heavy (non-hydrogen) atoms. The van der Waals surface area contributed by atoms with Gasteiger partial charge in [0, 0.05) is 38.7 Å². The molecule has 8 nitrogen and oxygen atoms in total. The number of hydrogen-bond acceptors (Lipinski definition) is 5. The molecule has 0 spiro atoms. The highest BCUT2D eigenvalue weighted by Gasteiger charge is 2.38. The fraction of sp³-hybridized carbons (Fsp3) is 0.417. The van der Waals surface area contributed by atoms with Crippen LogP contribution in [-0.4, -0.2) is 63.4 Å². The van der Waals surface area contributed by atoms with Crippen molar-refractivity contribution in [2.75, 3.05) is 37.7 Å². The molecule has 1 atom stereocenters. The smallest absolute Gasteiger partial charge is 0.243 e. The maximum absolute atomic E-state index is 13.0. The number of fused-ring (bicyclic) bond motifs is 1. The van der Waals surface area contributed by atoms with Crippen molar-refractivity contribution in [1.82, 2.24) is 9.62 Å². The van der Waals surface area contributed by atoms with Gasteiger partial charge < -0.3 is 10.1 Å². The van der Waals surface area contributed by atoms with E-state index in [9.17, 15) is 18.0 Å². The average Bonchev–Trinajstić information content (AvgIpc) is 3.20. The molecule has 176 valence electrons. The number of amides is 2. The number of anilines is 1. The van der Waals surface area contributed by atoms with Crippen molar-refractivity contribution in [2.24, 2.45) is 0 Å². The Kier molecular flexibility index (Phi) is 6.83. The van der Waals surface area contributed by atoms with Crippen molar-refractivity contribution >= 4 is 27.5 Å². The summed E-state index contributed by atoms with van der Waals surface area (Å²) in [4.78, 5) is 27.0. The predicted molar refractivity (Wildman–Crippen MR) is 125 cm³/mol. The Hall–Kier alpha value is -2.75. The number of aryl methyl sites for hydroxylation is 1. The Bertz CT molecular complexity index is 1160. The second-order valence-electron chi connectivity index (χ2n) is 8.38. The van der Waals surface area contributed by atoms with Gasteiger partial charge in [0.25, 0.3) is 0 Å². The lowest BCUT2D eigenvalue weighted by molar-refractivity contribution is -0.125. The van der Waals surface area contributed by atoms with Gasteiger partial charge in [-0.2, -0.15) is 4.31 Å². The number of nitrogens with one attached hydrogen (secondary N) is 1. The van der Waals surface area contributed by atoms with Crippen LogP contribution in [0.15, 0.2) is 47.4 Å². The first-order valence-electron chi connectivity index (χ1n) is 11.1. The molecular formula is C24H29N3O5S. The molecule has 0 unspecified atom stereocenters. The third-order valence-electron chi connectivity index (χ3n) is 6.24. The van der Waals surface area contributed by atoms with Crippen LogP contribution in [0.2, 0.25) is 0 Å². The minimum Gasteiger partial charge on any atom is -0.379 e. The molecule has 0 bridgehead atoms. The molecule has 0 aromatic heterocycles. The predicted octanol–water partition coefficient (Wildman–Crippen LogP) is 1.65. The molecule has 0 saturated carbocycles. The van der Waals surface area contributed by atoms with Crippen molar-refractivity contribution in [2.45, 2.75) is 37.6 Å². The van der Waals surface area contributed by atoms with E-state index < -0.39 is 16.1 Å². The summed E-state index contributed by atoms with van der Waals surface area (Å²) in [6.07, 6.45) is 0.970. The standard InChI is InChI=1S/C24H29N3O5S/c1-17-5-3-4-6-19(17)9-10-25-24(29)23-16-20-15-21(7-8-22(20)27(23)18(2)28)33(30,31)26-11-13-32-14-12-26/h3-8,15,23H,9-14,16H2,1-2H3,(H,25,29)/t23-/m0/s1. The van der Waals surface area contributed by atoms with Crippen LogP contribution in [0.3, 0.4) is 0 Å². The number of nitrogens with zero attached hydrogens (tertiary/aromatic N) is 2. The Morgan fingerprint density at radius 1 is 1.12 bits per heavy atom. The minimum absolute atomic E-state index is 0.173. The van der Waals surface area contributed by atoms with E-state index in [1.54, 1.807) is 12.1 Å². The number of carbonyl (C=O) groups excluding carboxylic acids is 2. The van der Waals surface area contributed by atoms with Crippen LogP contribution >= 0.6 is 0 Å². The molecule has 2 aromatic carbocycles. The van der Waals surface area contributed by atoms with E-state index in [0.717, 1.165) is 5.56 Å². The molecule has 0 aliphatic carbocycles. The van der Waals surface area contributed by atoms with Gasteiger partial charge in [-0.15, -0.1) is 0 Å². The molecule has 2 heterocycles. The number of ether oxygens (including phenoxy) is 1. The van der Waals surface area contributed by atoms with Crippen LogP contribution in [0, 0.1) is 6.92 Å². The number of morpholine rings is 1. The van der Waals surface area contributed by atoms with Gasteiger partial charge in [0.2, 0.25) is 21.8 Å². The molecule has 1 N–H and O–H groups in total. The summed E-state index contributed by atoms with van der Waals surface area (Å²) < 4.78 is 32.7. The van der Waals surface area contributed by atoms with Gasteiger partial charge >= 0.3 is 0 Å². The molecule has 2 amide bonds. The van der Waals surface area contributed by atoms with Crippen LogP contribution in [0.4, 0.5) is 5.69 Å². The summed E-state index contributed by atoms with van der Waals surface area (Å²) in [5, 5.41) is 2.94. The maximum Gasteiger partial charge on any atom is 0.243 e. The number of sulfonamides is 1. The Balaban J connectivity index is 1.49. The highest BCUT2D eigenvalue weighted by atomic mass is 32.2. The van der Waals surface area contributed by atoms with Gasteiger partial charge in [0.1, 0.15) is 6.04 Å². The molecule has 2 aromatic rings. The zero-order valence-electron chi connectivity index (χ0n) is 18.9. The third-order valence-corrected chi connectivity index (χ3v) is 8.13. The normalized spacial score (nSPS) is 18.7. The summed E-state index contributed by atoms with van der Waals surface area (Å²) >= 11 is 0.